The predicted molar refractivity (Wildman–Crippen MR) is 49.5 cm³/mol. The molecule has 1 aromatic carbocycles. The van der Waals surface area contributed by atoms with Crippen LogP contribution in [0.5, 0.6) is 5.75 Å². The summed E-state index contributed by atoms with van der Waals surface area (Å²) < 4.78 is 32.3. The molecule has 1 aromatic rings. The van der Waals surface area contributed by atoms with Gasteiger partial charge in [-0.25, -0.2) is 0 Å². The Morgan fingerprint density at radius 3 is 2.57 bits per heavy atom. The maximum atomic E-state index is 10.2. The van der Waals surface area contributed by atoms with Gasteiger partial charge < -0.3 is 4.89 Å². The van der Waals surface area contributed by atoms with Crippen molar-refractivity contribution in [3.63, 3.8) is 0 Å². The molecule has 0 amide bonds. The van der Waals surface area contributed by atoms with Crippen molar-refractivity contribution in [2.45, 2.75) is 6.92 Å². The second kappa shape index (κ2) is 4.14. The van der Waals surface area contributed by atoms with Crippen LogP contribution >= 0.6 is 11.6 Å². The quantitative estimate of drug-likeness (QED) is 0.494. The standard InChI is InChI=1S/C7H7ClO5S/c1-5-4-6(8)2-3-7(5)12-13-14(9,10)11/h2-4H,1H3,(H,9,10,11). The monoisotopic (exact) mass is 238 g/mol. The summed E-state index contributed by atoms with van der Waals surface area (Å²) in [6, 6.07) is 4.48. The molecule has 14 heavy (non-hydrogen) atoms. The van der Waals surface area contributed by atoms with E-state index >= 15 is 0 Å². The van der Waals surface area contributed by atoms with Crippen LogP contribution in [-0.2, 0) is 14.7 Å². The molecule has 0 spiro atoms. The number of halogens is 1. The fourth-order valence-corrected chi connectivity index (χ4v) is 1.17. The number of hydrogen-bond donors (Lipinski definition) is 1. The van der Waals surface area contributed by atoms with E-state index in [1.165, 1.54) is 12.1 Å². The van der Waals surface area contributed by atoms with E-state index in [2.05, 4.69) is 9.22 Å². The van der Waals surface area contributed by atoms with Gasteiger partial charge in [0.2, 0.25) is 0 Å². The van der Waals surface area contributed by atoms with Crippen LogP contribution in [0, 0.1) is 6.92 Å². The highest BCUT2D eigenvalue weighted by molar-refractivity contribution is 7.80. The van der Waals surface area contributed by atoms with E-state index in [9.17, 15) is 8.42 Å². The molecule has 0 saturated heterocycles. The molecule has 0 atom stereocenters. The first-order valence-corrected chi connectivity index (χ1v) is 5.22. The lowest BCUT2D eigenvalue weighted by molar-refractivity contribution is -0.103. The van der Waals surface area contributed by atoms with Crippen LogP contribution in [0.3, 0.4) is 0 Å². The van der Waals surface area contributed by atoms with Gasteiger partial charge in [-0.2, -0.15) is 8.42 Å². The zero-order chi connectivity index (χ0) is 10.8. The van der Waals surface area contributed by atoms with Gasteiger partial charge in [-0.3, -0.25) is 4.55 Å². The Morgan fingerprint density at radius 1 is 1.43 bits per heavy atom. The van der Waals surface area contributed by atoms with Gasteiger partial charge in [0, 0.05) is 5.02 Å². The van der Waals surface area contributed by atoms with Gasteiger partial charge in [-0.05, 0) is 35.0 Å². The predicted octanol–water partition coefficient (Wildman–Crippen LogP) is 1.76. The molecule has 1 N–H and O–H groups in total. The molecule has 78 valence electrons. The highest BCUT2D eigenvalue weighted by Gasteiger charge is 2.08. The molecule has 0 unspecified atom stereocenters. The Balaban J connectivity index is 2.78. The van der Waals surface area contributed by atoms with E-state index in [0.29, 0.717) is 10.6 Å². The maximum Gasteiger partial charge on any atom is 0.432 e. The van der Waals surface area contributed by atoms with Crippen molar-refractivity contribution < 1.29 is 22.2 Å². The molecule has 0 radical (unpaired) electrons. The van der Waals surface area contributed by atoms with Gasteiger partial charge in [-0.15, -0.1) is 0 Å². The second-order valence-corrected chi connectivity index (χ2v) is 3.92. The lowest BCUT2D eigenvalue weighted by Gasteiger charge is -2.04. The van der Waals surface area contributed by atoms with E-state index in [0.717, 1.165) is 0 Å². The zero-order valence-electron chi connectivity index (χ0n) is 7.10. The molecule has 0 heterocycles. The molecule has 0 aliphatic carbocycles. The van der Waals surface area contributed by atoms with Crippen molar-refractivity contribution in [1.82, 2.24) is 0 Å². The number of rotatable bonds is 3. The summed E-state index contributed by atoms with van der Waals surface area (Å²) in [7, 11) is -4.60. The highest BCUT2D eigenvalue weighted by Crippen LogP contribution is 2.22. The minimum absolute atomic E-state index is 0.159. The molecule has 0 aliphatic rings. The van der Waals surface area contributed by atoms with Crippen molar-refractivity contribution in [3.05, 3.63) is 28.8 Å². The third-order valence-electron chi connectivity index (χ3n) is 1.35. The van der Waals surface area contributed by atoms with Crippen LogP contribution in [0.1, 0.15) is 5.56 Å². The van der Waals surface area contributed by atoms with Gasteiger partial charge in [0.05, 0.1) is 0 Å². The van der Waals surface area contributed by atoms with E-state index in [4.69, 9.17) is 16.2 Å². The van der Waals surface area contributed by atoms with E-state index in [1.54, 1.807) is 13.0 Å². The van der Waals surface area contributed by atoms with Crippen LogP contribution in [-0.4, -0.2) is 13.0 Å². The normalized spacial score (nSPS) is 11.4. The molecule has 0 aliphatic heterocycles. The lowest BCUT2D eigenvalue weighted by atomic mass is 10.2. The first-order chi connectivity index (χ1) is 6.38. The van der Waals surface area contributed by atoms with E-state index < -0.39 is 10.4 Å². The summed E-state index contributed by atoms with van der Waals surface area (Å²) in [6.45, 7) is 1.65. The lowest BCUT2D eigenvalue weighted by Crippen LogP contribution is -2.07. The van der Waals surface area contributed by atoms with Crippen molar-refractivity contribution in [2.24, 2.45) is 0 Å². The molecule has 0 fully saturated rings. The van der Waals surface area contributed by atoms with Gasteiger partial charge in [-0.1, -0.05) is 11.6 Å². The molecular weight excluding hydrogens is 232 g/mol. The average Bonchev–Trinajstić information content (AvgIpc) is 2.00. The summed E-state index contributed by atoms with van der Waals surface area (Å²) in [6.07, 6.45) is 0. The summed E-state index contributed by atoms with van der Waals surface area (Å²) in [5.41, 5.74) is 0.584. The Bertz CT molecular complexity index is 428. The minimum atomic E-state index is -4.60. The first kappa shape index (κ1) is 11.3. The van der Waals surface area contributed by atoms with Crippen LogP contribution in [0.4, 0.5) is 0 Å². The van der Waals surface area contributed by atoms with Crippen LogP contribution < -0.4 is 4.89 Å². The van der Waals surface area contributed by atoms with E-state index in [-0.39, 0.29) is 5.75 Å². The Hall–Kier alpha value is -0.820. The third-order valence-corrected chi connectivity index (χ3v) is 1.82. The topological polar surface area (TPSA) is 72.8 Å². The molecule has 0 bridgehead atoms. The second-order valence-electron chi connectivity index (χ2n) is 2.49. The molecule has 1 rings (SSSR count). The number of hydrogen-bond acceptors (Lipinski definition) is 4. The van der Waals surface area contributed by atoms with Gasteiger partial charge in [0.1, 0.15) is 0 Å². The fraction of sp³-hybridized carbons (Fsp3) is 0.143. The average molecular weight is 239 g/mol. The fourth-order valence-electron chi connectivity index (χ4n) is 0.786. The maximum absolute atomic E-state index is 10.2. The van der Waals surface area contributed by atoms with Crippen LogP contribution in [0.2, 0.25) is 5.02 Å². The SMILES string of the molecule is Cc1cc(Cl)ccc1OOS(=O)(=O)O. The van der Waals surface area contributed by atoms with Crippen molar-refractivity contribution in [2.75, 3.05) is 0 Å². The van der Waals surface area contributed by atoms with Crippen LogP contribution in [0.25, 0.3) is 0 Å². The van der Waals surface area contributed by atoms with Crippen molar-refractivity contribution >= 4 is 22.0 Å². The highest BCUT2D eigenvalue weighted by atomic mass is 35.5. The molecule has 0 aromatic heterocycles. The largest absolute Gasteiger partial charge is 0.432 e. The summed E-state index contributed by atoms with van der Waals surface area (Å²) in [5, 5.41) is 0.488. The van der Waals surface area contributed by atoms with Crippen molar-refractivity contribution in [3.8, 4) is 5.75 Å². The van der Waals surface area contributed by atoms with Gasteiger partial charge in [0.15, 0.2) is 5.75 Å². The van der Waals surface area contributed by atoms with Gasteiger partial charge in [0.25, 0.3) is 0 Å². The Morgan fingerprint density at radius 2 is 2.07 bits per heavy atom. The summed E-state index contributed by atoms with van der Waals surface area (Å²) in [5.74, 6) is 0.159. The minimum Gasteiger partial charge on any atom is -0.319 e. The number of aryl methyl sites for hydroxylation is 1. The van der Waals surface area contributed by atoms with Gasteiger partial charge >= 0.3 is 10.4 Å². The zero-order valence-corrected chi connectivity index (χ0v) is 8.67. The number of benzene rings is 1. The van der Waals surface area contributed by atoms with E-state index in [1.807, 2.05) is 0 Å². The van der Waals surface area contributed by atoms with Crippen LogP contribution in [0.15, 0.2) is 18.2 Å². The third kappa shape index (κ3) is 3.51. The smallest absolute Gasteiger partial charge is 0.319 e. The molecular formula is C7H7ClO5S. The molecule has 0 saturated carbocycles. The Labute approximate surface area is 86.1 Å². The first-order valence-electron chi connectivity index (χ1n) is 3.48. The Kier molecular flexibility index (Phi) is 3.33. The molecule has 7 heteroatoms. The summed E-state index contributed by atoms with van der Waals surface area (Å²) in [4.78, 5) is 4.36. The molecule has 5 nitrogen and oxygen atoms in total. The van der Waals surface area contributed by atoms with Crippen molar-refractivity contribution in [1.29, 1.82) is 0 Å². The summed E-state index contributed by atoms with van der Waals surface area (Å²) >= 11 is 5.64.